The Morgan fingerprint density at radius 1 is 1.09 bits per heavy atom. The van der Waals surface area contributed by atoms with Gasteiger partial charge in [-0.15, -0.1) is 0 Å². The molecule has 1 saturated carbocycles. The fraction of sp³-hybridized carbons (Fsp3) is 0.250. The number of nitriles is 1. The maximum atomic E-state index is 10.3. The van der Waals surface area contributed by atoms with E-state index in [-0.39, 0.29) is 5.92 Å². The number of anilines is 1. The predicted molar refractivity (Wildman–Crippen MR) is 126 cm³/mol. The number of hydrogen-bond acceptors (Lipinski definition) is 6. The van der Waals surface area contributed by atoms with Gasteiger partial charge in [0.15, 0.2) is 11.2 Å². The van der Waals surface area contributed by atoms with Gasteiger partial charge in [-0.25, -0.2) is 4.98 Å². The standard InChI is InChI=1S/C24H23BN6O/c25-20-21(16-8-10-24(32,14-26)11-9-16)30-23-18(13-29-31(23)22(20)27)17-6-7-19(28-12-17)15-4-2-1-3-5-15/h1-7,12-13,16,32H,8-11,25,27H2. The predicted octanol–water partition coefficient (Wildman–Crippen LogP) is 2.21. The average molecular weight is 422 g/mol. The number of nitrogen functional groups attached to an aromatic ring is 1. The van der Waals surface area contributed by atoms with E-state index in [0.717, 1.165) is 33.5 Å². The molecule has 0 amide bonds. The van der Waals surface area contributed by atoms with Crippen LogP contribution < -0.4 is 11.2 Å². The molecule has 0 saturated heterocycles. The second kappa shape index (κ2) is 7.77. The molecule has 3 heterocycles. The first-order valence-electron chi connectivity index (χ1n) is 10.8. The summed E-state index contributed by atoms with van der Waals surface area (Å²) in [5.74, 6) is 0.712. The van der Waals surface area contributed by atoms with Crippen LogP contribution in [0, 0.1) is 11.3 Å². The van der Waals surface area contributed by atoms with Crippen LogP contribution in [-0.4, -0.2) is 38.1 Å². The highest BCUT2D eigenvalue weighted by Crippen LogP contribution is 2.37. The number of aliphatic hydroxyl groups is 1. The third-order valence-corrected chi connectivity index (χ3v) is 6.52. The number of nitrogens with two attached hydrogens (primary N) is 1. The maximum absolute atomic E-state index is 10.3. The average Bonchev–Trinajstić information content (AvgIpc) is 3.27. The maximum Gasteiger partial charge on any atom is 0.165 e. The molecule has 0 unspecified atom stereocenters. The van der Waals surface area contributed by atoms with Crippen LogP contribution in [0.4, 0.5) is 5.82 Å². The summed E-state index contributed by atoms with van der Waals surface area (Å²) in [6.45, 7) is 0. The van der Waals surface area contributed by atoms with Crippen molar-refractivity contribution in [2.45, 2.75) is 37.2 Å². The van der Waals surface area contributed by atoms with Gasteiger partial charge < -0.3 is 10.8 Å². The number of fused-ring (bicyclic) bond motifs is 1. The molecule has 1 aliphatic carbocycles. The first-order valence-corrected chi connectivity index (χ1v) is 10.8. The minimum Gasteiger partial charge on any atom is -0.384 e. The van der Waals surface area contributed by atoms with Crippen molar-refractivity contribution in [3.63, 3.8) is 0 Å². The lowest BCUT2D eigenvalue weighted by Crippen LogP contribution is -2.34. The van der Waals surface area contributed by atoms with Crippen LogP contribution in [0.15, 0.2) is 54.9 Å². The lowest BCUT2D eigenvalue weighted by atomic mass is 9.75. The van der Waals surface area contributed by atoms with Gasteiger partial charge in [0.1, 0.15) is 13.7 Å². The zero-order valence-electron chi connectivity index (χ0n) is 17.9. The van der Waals surface area contributed by atoms with E-state index < -0.39 is 5.60 Å². The van der Waals surface area contributed by atoms with E-state index in [4.69, 9.17) is 10.7 Å². The van der Waals surface area contributed by atoms with Crippen LogP contribution in [0.2, 0.25) is 0 Å². The smallest absolute Gasteiger partial charge is 0.165 e. The van der Waals surface area contributed by atoms with Crippen molar-refractivity contribution < 1.29 is 5.11 Å². The zero-order valence-corrected chi connectivity index (χ0v) is 17.9. The summed E-state index contributed by atoms with van der Waals surface area (Å²) in [4.78, 5) is 9.61. The van der Waals surface area contributed by atoms with Crippen molar-refractivity contribution in [1.82, 2.24) is 19.6 Å². The molecule has 0 atom stereocenters. The number of aromatic nitrogens is 4. The van der Waals surface area contributed by atoms with Crippen LogP contribution in [0.25, 0.3) is 28.0 Å². The molecular formula is C24H23BN6O. The Hall–Kier alpha value is -3.70. The van der Waals surface area contributed by atoms with Gasteiger partial charge in [0.2, 0.25) is 0 Å². The van der Waals surface area contributed by atoms with E-state index >= 15 is 0 Å². The van der Waals surface area contributed by atoms with Crippen molar-refractivity contribution in [1.29, 1.82) is 5.26 Å². The summed E-state index contributed by atoms with van der Waals surface area (Å²) in [5, 5.41) is 24.0. The van der Waals surface area contributed by atoms with Crippen LogP contribution >= 0.6 is 0 Å². The molecule has 5 rings (SSSR count). The summed E-state index contributed by atoms with van der Waals surface area (Å²) >= 11 is 0. The van der Waals surface area contributed by atoms with Gasteiger partial charge in [-0.3, -0.25) is 4.98 Å². The molecule has 0 aliphatic heterocycles. The minimum absolute atomic E-state index is 0.150. The Morgan fingerprint density at radius 2 is 1.84 bits per heavy atom. The van der Waals surface area contributed by atoms with E-state index in [1.807, 2.05) is 62.6 Å². The Balaban J connectivity index is 1.52. The van der Waals surface area contributed by atoms with Crippen LogP contribution in [-0.2, 0) is 0 Å². The van der Waals surface area contributed by atoms with E-state index in [1.54, 1.807) is 10.7 Å². The molecule has 8 heteroatoms. The van der Waals surface area contributed by atoms with Gasteiger partial charge in [0.05, 0.1) is 18.0 Å². The fourth-order valence-corrected chi connectivity index (χ4v) is 4.53. The van der Waals surface area contributed by atoms with Gasteiger partial charge >= 0.3 is 0 Å². The second-order valence-electron chi connectivity index (χ2n) is 8.52. The molecule has 3 N–H and O–H groups in total. The Labute approximate surface area is 187 Å². The Morgan fingerprint density at radius 3 is 2.50 bits per heavy atom. The molecule has 32 heavy (non-hydrogen) atoms. The molecule has 3 aromatic heterocycles. The molecule has 0 radical (unpaired) electrons. The van der Waals surface area contributed by atoms with E-state index in [1.165, 1.54) is 0 Å². The van der Waals surface area contributed by atoms with Gasteiger partial charge in [0, 0.05) is 34.5 Å². The van der Waals surface area contributed by atoms with Crippen LogP contribution in [0.3, 0.4) is 0 Å². The van der Waals surface area contributed by atoms with Crippen molar-refractivity contribution in [3.05, 3.63) is 60.6 Å². The summed E-state index contributed by atoms with van der Waals surface area (Å²) < 4.78 is 1.67. The molecule has 0 spiro atoms. The first-order chi connectivity index (χ1) is 15.5. The second-order valence-corrected chi connectivity index (χ2v) is 8.52. The van der Waals surface area contributed by atoms with Crippen LogP contribution in [0.1, 0.15) is 37.3 Å². The van der Waals surface area contributed by atoms with E-state index in [2.05, 4.69) is 10.1 Å². The summed E-state index contributed by atoms with van der Waals surface area (Å²) in [7, 11) is 1.96. The largest absolute Gasteiger partial charge is 0.384 e. The highest BCUT2D eigenvalue weighted by atomic mass is 16.3. The topological polar surface area (TPSA) is 113 Å². The van der Waals surface area contributed by atoms with E-state index in [9.17, 15) is 10.4 Å². The number of rotatable bonds is 3. The molecular weight excluding hydrogens is 399 g/mol. The monoisotopic (exact) mass is 422 g/mol. The Bertz CT molecular complexity index is 1320. The summed E-state index contributed by atoms with van der Waals surface area (Å²) in [6, 6.07) is 16.1. The lowest BCUT2D eigenvalue weighted by Gasteiger charge is -2.31. The van der Waals surface area contributed by atoms with Crippen LogP contribution in [0.5, 0.6) is 0 Å². The fourth-order valence-electron chi connectivity index (χ4n) is 4.53. The van der Waals surface area contributed by atoms with E-state index in [0.29, 0.717) is 37.1 Å². The van der Waals surface area contributed by atoms with Crippen molar-refractivity contribution in [2.75, 3.05) is 5.73 Å². The summed E-state index contributed by atoms with van der Waals surface area (Å²) in [5.41, 5.74) is 11.5. The van der Waals surface area contributed by atoms with Gasteiger partial charge in [-0.1, -0.05) is 36.4 Å². The zero-order chi connectivity index (χ0) is 22.3. The highest BCUT2D eigenvalue weighted by Gasteiger charge is 2.35. The lowest BCUT2D eigenvalue weighted by molar-refractivity contribution is 0.0525. The van der Waals surface area contributed by atoms with Gasteiger partial charge in [-0.05, 0) is 37.2 Å². The number of nitrogens with zero attached hydrogens (tertiary/aromatic N) is 5. The third kappa shape index (κ3) is 3.41. The number of pyridine rings is 1. The molecule has 4 aromatic rings. The molecule has 1 aliphatic rings. The Kier molecular flexibility index (Phi) is 4.91. The van der Waals surface area contributed by atoms with Crippen molar-refractivity contribution in [2.24, 2.45) is 0 Å². The minimum atomic E-state index is -1.23. The molecule has 1 fully saturated rings. The molecule has 158 valence electrons. The highest BCUT2D eigenvalue weighted by molar-refractivity contribution is 6.36. The number of benzene rings is 1. The van der Waals surface area contributed by atoms with Crippen molar-refractivity contribution in [3.8, 4) is 28.5 Å². The molecule has 0 bridgehead atoms. The first kappa shape index (κ1) is 20.2. The molecule has 7 nitrogen and oxygen atoms in total. The third-order valence-electron chi connectivity index (χ3n) is 6.52. The quantitative estimate of drug-likeness (QED) is 0.387. The normalized spacial score (nSPS) is 20.8. The van der Waals surface area contributed by atoms with Crippen molar-refractivity contribution >= 4 is 24.8 Å². The SMILES string of the molecule is Bc1c(C2CCC(O)(C#N)CC2)nc2c(-c3ccc(-c4ccccc4)nc3)cnn2c1N. The molecule has 1 aromatic carbocycles. The number of hydrogen-bond donors (Lipinski definition) is 2. The van der Waals surface area contributed by atoms with Gasteiger partial charge in [0.25, 0.3) is 0 Å². The van der Waals surface area contributed by atoms with Gasteiger partial charge in [-0.2, -0.15) is 14.9 Å². The summed E-state index contributed by atoms with van der Waals surface area (Å²) in [6.07, 6.45) is 5.89.